The highest BCUT2D eigenvalue weighted by Gasteiger charge is 2.30. The van der Waals surface area contributed by atoms with Crippen molar-refractivity contribution in [3.05, 3.63) is 58.1 Å². The Balaban J connectivity index is 1.32. The van der Waals surface area contributed by atoms with E-state index in [1.807, 2.05) is 30.0 Å². The van der Waals surface area contributed by atoms with Gasteiger partial charge in [0.05, 0.1) is 6.10 Å². The number of aliphatic hydroxyl groups is 1. The zero-order valence-electron chi connectivity index (χ0n) is 18.8. The molecule has 0 spiro atoms. The zero-order valence-corrected chi connectivity index (χ0v) is 19.6. The SMILES string of the molecule is Cc1c(CCCc2cccc(Cl)c2)ncnc1C(=O)N1CCC(N2CCC(O)CC2)CC1. The smallest absolute Gasteiger partial charge is 0.272 e. The summed E-state index contributed by atoms with van der Waals surface area (Å²) in [5, 5.41) is 10.5. The van der Waals surface area contributed by atoms with E-state index in [2.05, 4.69) is 20.9 Å². The van der Waals surface area contributed by atoms with Crippen LogP contribution in [0, 0.1) is 6.92 Å². The Kier molecular flexibility index (Phi) is 7.76. The minimum Gasteiger partial charge on any atom is -0.393 e. The number of nitrogens with zero attached hydrogens (tertiary/aromatic N) is 4. The number of piperidine rings is 2. The molecule has 6 nitrogen and oxygen atoms in total. The van der Waals surface area contributed by atoms with Crippen molar-refractivity contribution in [1.29, 1.82) is 0 Å². The highest BCUT2D eigenvalue weighted by atomic mass is 35.5. The van der Waals surface area contributed by atoms with Gasteiger partial charge in [0.1, 0.15) is 12.0 Å². The zero-order chi connectivity index (χ0) is 22.5. The average Bonchev–Trinajstić information content (AvgIpc) is 2.80. The van der Waals surface area contributed by atoms with Crippen LogP contribution in [0.2, 0.25) is 5.02 Å². The van der Waals surface area contributed by atoms with Crippen molar-refractivity contribution >= 4 is 17.5 Å². The molecule has 0 radical (unpaired) electrons. The lowest BCUT2D eigenvalue weighted by atomic mass is 9.98. The van der Waals surface area contributed by atoms with Crippen LogP contribution in [0.5, 0.6) is 0 Å². The standard InChI is InChI=1S/C25H33ClN4O2/c1-18-23(7-3-5-19-4-2-6-20(26)16-19)27-17-28-24(18)25(32)30-12-8-21(9-13-30)29-14-10-22(31)11-15-29/h2,4,6,16-17,21-22,31H,3,5,7-15H2,1H3. The predicted octanol–water partition coefficient (Wildman–Crippen LogP) is 3.68. The summed E-state index contributed by atoms with van der Waals surface area (Å²) in [6.07, 6.45) is 7.75. The Bertz CT molecular complexity index is 922. The first-order valence-corrected chi connectivity index (χ1v) is 12.2. The lowest BCUT2D eigenvalue weighted by molar-refractivity contribution is 0.0355. The van der Waals surface area contributed by atoms with E-state index in [0.29, 0.717) is 11.7 Å². The van der Waals surface area contributed by atoms with Gasteiger partial charge < -0.3 is 14.9 Å². The largest absolute Gasteiger partial charge is 0.393 e. The molecule has 3 heterocycles. The normalized spacial score (nSPS) is 18.8. The van der Waals surface area contributed by atoms with E-state index in [0.717, 1.165) is 87.4 Å². The maximum absolute atomic E-state index is 13.2. The van der Waals surface area contributed by atoms with Gasteiger partial charge in [0.25, 0.3) is 5.91 Å². The van der Waals surface area contributed by atoms with Crippen LogP contribution in [0.3, 0.4) is 0 Å². The van der Waals surface area contributed by atoms with E-state index in [1.165, 1.54) is 11.9 Å². The molecule has 0 saturated carbocycles. The molecular weight excluding hydrogens is 424 g/mol. The summed E-state index contributed by atoms with van der Waals surface area (Å²) in [4.78, 5) is 26.4. The molecule has 2 saturated heterocycles. The lowest BCUT2D eigenvalue weighted by Gasteiger charge is -2.41. The number of carbonyl (C=O) groups excluding carboxylic acids is 1. The quantitative estimate of drug-likeness (QED) is 0.718. The number of benzene rings is 1. The van der Waals surface area contributed by atoms with Gasteiger partial charge in [-0.05, 0) is 69.6 Å². The van der Waals surface area contributed by atoms with Crippen molar-refractivity contribution in [3.63, 3.8) is 0 Å². The van der Waals surface area contributed by atoms with E-state index in [4.69, 9.17) is 11.6 Å². The summed E-state index contributed by atoms with van der Waals surface area (Å²) in [6.45, 7) is 5.41. The van der Waals surface area contributed by atoms with Crippen LogP contribution in [0.15, 0.2) is 30.6 Å². The van der Waals surface area contributed by atoms with Crippen LogP contribution in [0.4, 0.5) is 0 Å². The molecule has 0 atom stereocenters. The van der Waals surface area contributed by atoms with Crippen LogP contribution in [0.25, 0.3) is 0 Å². The van der Waals surface area contributed by atoms with E-state index < -0.39 is 0 Å². The van der Waals surface area contributed by atoms with Gasteiger partial charge in [0, 0.05) is 48.5 Å². The average molecular weight is 457 g/mol. The van der Waals surface area contributed by atoms with Crippen LogP contribution in [-0.2, 0) is 12.8 Å². The molecule has 2 aromatic rings. The van der Waals surface area contributed by atoms with Gasteiger partial charge in [-0.25, -0.2) is 9.97 Å². The molecule has 4 rings (SSSR count). The topological polar surface area (TPSA) is 69.6 Å². The van der Waals surface area contributed by atoms with Gasteiger partial charge in [-0.15, -0.1) is 0 Å². The van der Waals surface area contributed by atoms with E-state index in [1.54, 1.807) is 0 Å². The Morgan fingerprint density at radius 1 is 1.09 bits per heavy atom. The van der Waals surface area contributed by atoms with Gasteiger partial charge in [-0.1, -0.05) is 23.7 Å². The Morgan fingerprint density at radius 2 is 1.84 bits per heavy atom. The first-order chi connectivity index (χ1) is 15.5. The minimum absolute atomic E-state index is 0.0218. The summed E-state index contributed by atoms with van der Waals surface area (Å²) in [7, 11) is 0. The maximum Gasteiger partial charge on any atom is 0.272 e. The first kappa shape index (κ1) is 23.1. The fourth-order valence-corrected chi connectivity index (χ4v) is 5.15. The fourth-order valence-electron chi connectivity index (χ4n) is 4.94. The van der Waals surface area contributed by atoms with Crippen molar-refractivity contribution in [2.45, 2.75) is 64.0 Å². The second-order valence-corrected chi connectivity index (χ2v) is 9.50. The van der Waals surface area contributed by atoms with Crippen LogP contribution in [0.1, 0.15) is 59.4 Å². The molecule has 2 fully saturated rings. The summed E-state index contributed by atoms with van der Waals surface area (Å²) < 4.78 is 0. The monoisotopic (exact) mass is 456 g/mol. The molecule has 2 aliphatic rings. The van der Waals surface area contributed by atoms with Crippen LogP contribution < -0.4 is 0 Å². The number of aromatic nitrogens is 2. The molecule has 1 aromatic heterocycles. The fraction of sp³-hybridized carbons (Fsp3) is 0.560. The first-order valence-electron chi connectivity index (χ1n) is 11.8. The Hall–Kier alpha value is -2.02. The number of carbonyl (C=O) groups is 1. The number of hydrogen-bond acceptors (Lipinski definition) is 5. The Labute approximate surface area is 195 Å². The minimum atomic E-state index is -0.145. The van der Waals surface area contributed by atoms with E-state index in [9.17, 15) is 9.90 Å². The molecule has 0 aliphatic carbocycles. The molecule has 7 heteroatoms. The third-order valence-corrected chi connectivity index (χ3v) is 7.16. The van der Waals surface area contributed by atoms with Crippen LogP contribution >= 0.6 is 11.6 Å². The summed E-state index contributed by atoms with van der Waals surface area (Å²) in [5.41, 5.74) is 3.60. The number of aliphatic hydroxyl groups excluding tert-OH is 1. The Morgan fingerprint density at radius 3 is 2.56 bits per heavy atom. The number of likely N-dealkylation sites (tertiary alicyclic amines) is 2. The van der Waals surface area contributed by atoms with Crippen molar-refractivity contribution < 1.29 is 9.90 Å². The molecule has 172 valence electrons. The van der Waals surface area contributed by atoms with Crippen molar-refractivity contribution in [2.24, 2.45) is 0 Å². The number of aryl methyl sites for hydroxylation is 2. The molecule has 2 aliphatic heterocycles. The summed E-state index contributed by atoms with van der Waals surface area (Å²) in [5.74, 6) is 0.0218. The third-order valence-electron chi connectivity index (χ3n) is 6.93. The van der Waals surface area contributed by atoms with Crippen LogP contribution in [-0.4, -0.2) is 69.1 Å². The van der Waals surface area contributed by atoms with E-state index in [-0.39, 0.29) is 12.0 Å². The second-order valence-electron chi connectivity index (χ2n) is 9.07. The molecule has 1 amide bonds. The number of hydrogen-bond donors (Lipinski definition) is 1. The van der Waals surface area contributed by atoms with Crippen molar-refractivity contribution in [1.82, 2.24) is 19.8 Å². The third kappa shape index (κ3) is 5.66. The van der Waals surface area contributed by atoms with Gasteiger partial charge in [-0.3, -0.25) is 4.79 Å². The maximum atomic E-state index is 13.2. The number of rotatable bonds is 6. The molecule has 0 unspecified atom stereocenters. The van der Waals surface area contributed by atoms with Gasteiger partial charge in [0.15, 0.2) is 0 Å². The molecule has 1 N–H and O–H groups in total. The van der Waals surface area contributed by atoms with Gasteiger partial charge >= 0.3 is 0 Å². The highest BCUT2D eigenvalue weighted by Crippen LogP contribution is 2.23. The molecule has 0 bridgehead atoms. The molecular formula is C25H33ClN4O2. The highest BCUT2D eigenvalue weighted by molar-refractivity contribution is 6.30. The second kappa shape index (κ2) is 10.7. The summed E-state index contributed by atoms with van der Waals surface area (Å²) >= 11 is 6.08. The van der Waals surface area contributed by atoms with Gasteiger partial charge in [-0.2, -0.15) is 0 Å². The van der Waals surface area contributed by atoms with Crippen molar-refractivity contribution in [3.8, 4) is 0 Å². The van der Waals surface area contributed by atoms with Crippen molar-refractivity contribution in [2.75, 3.05) is 26.2 Å². The molecule has 32 heavy (non-hydrogen) atoms. The number of halogens is 1. The van der Waals surface area contributed by atoms with Gasteiger partial charge in [0.2, 0.25) is 0 Å². The lowest BCUT2D eigenvalue weighted by Crippen LogP contribution is -2.49. The number of amides is 1. The predicted molar refractivity (Wildman–Crippen MR) is 126 cm³/mol. The summed E-state index contributed by atoms with van der Waals surface area (Å²) in [6, 6.07) is 8.46. The molecule has 1 aromatic carbocycles. The van der Waals surface area contributed by atoms with E-state index >= 15 is 0 Å².